The van der Waals surface area contributed by atoms with Crippen molar-refractivity contribution in [3.8, 4) is 17.2 Å². The largest absolute Gasteiger partial charge is 0.493 e. The van der Waals surface area contributed by atoms with Crippen molar-refractivity contribution in [3.05, 3.63) is 17.7 Å². The van der Waals surface area contributed by atoms with E-state index in [2.05, 4.69) is 5.32 Å². The summed E-state index contributed by atoms with van der Waals surface area (Å²) in [6.45, 7) is 0.996. The highest BCUT2D eigenvalue weighted by molar-refractivity contribution is 5.55. The fraction of sp³-hybridized carbons (Fsp3) is 0.600. The molecule has 1 aromatic rings. The fourth-order valence-corrected chi connectivity index (χ4v) is 3.06. The van der Waals surface area contributed by atoms with Crippen LogP contribution in [0.1, 0.15) is 11.6 Å². The Morgan fingerprint density at radius 2 is 2.09 bits per heavy atom. The van der Waals surface area contributed by atoms with E-state index in [0.29, 0.717) is 49.0 Å². The molecule has 1 atom stereocenters. The van der Waals surface area contributed by atoms with Crippen LogP contribution in [0, 0.1) is 0 Å². The number of piperazine rings is 1. The zero-order chi connectivity index (χ0) is 16.4. The molecule has 3 rings (SSSR count). The fourth-order valence-electron chi connectivity index (χ4n) is 3.06. The van der Waals surface area contributed by atoms with Gasteiger partial charge in [0.05, 0.1) is 7.11 Å². The first-order valence-corrected chi connectivity index (χ1v) is 7.48. The number of hydrogen-bond donors (Lipinski definition) is 2. The third-order valence-electron chi connectivity index (χ3n) is 4.12. The first-order chi connectivity index (χ1) is 11.1. The summed E-state index contributed by atoms with van der Waals surface area (Å²) in [6.07, 6.45) is 0. The summed E-state index contributed by atoms with van der Waals surface area (Å²) in [5, 5.41) is 12.3. The van der Waals surface area contributed by atoms with E-state index in [1.54, 1.807) is 11.0 Å². The number of nitrogens with one attached hydrogen (secondary N) is 1. The maximum Gasteiger partial charge on any atom is 0.289 e. The van der Waals surface area contributed by atoms with E-state index >= 15 is 0 Å². The number of nitrogens with zero attached hydrogens (tertiary/aromatic N) is 1. The van der Waals surface area contributed by atoms with Crippen molar-refractivity contribution < 1.29 is 28.1 Å². The standard InChI is InChI=1S/C15H20F2N2O4/c1-21-11-6-10(7-12-13(11)23-9-22-12)14(15(16,17)8-20)19-4-2-18-3-5-19/h6-7,14,18,20H,2-5,8-9H2,1H3/t14-/m1/s1. The molecule has 0 saturated carbocycles. The number of benzene rings is 1. The Hall–Kier alpha value is -1.64. The van der Waals surface area contributed by atoms with Crippen LogP contribution in [0.25, 0.3) is 0 Å². The van der Waals surface area contributed by atoms with Crippen LogP contribution < -0.4 is 19.5 Å². The van der Waals surface area contributed by atoms with Gasteiger partial charge in [-0.3, -0.25) is 4.90 Å². The van der Waals surface area contributed by atoms with Gasteiger partial charge in [0.25, 0.3) is 5.92 Å². The number of alkyl halides is 2. The summed E-state index contributed by atoms with van der Waals surface area (Å²) in [5.41, 5.74) is 0.340. The topological polar surface area (TPSA) is 63.2 Å². The van der Waals surface area contributed by atoms with Crippen LogP contribution in [-0.4, -0.2) is 62.6 Å². The van der Waals surface area contributed by atoms with Gasteiger partial charge in [0.1, 0.15) is 12.6 Å². The number of rotatable bonds is 5. The number of hydrogen-bond acceptors (Lipinski definition) is 6. The molecule has 2 aliphatic heterocycles. The average molecular weight is 330 g/mol. The van der Waals surface area contributed by atoms with Crippen molar-refractivity contribution in [2.45, 2.75) is 12.0 Å². The predicted octanol–water partition coefficient (Wildman–Crippen LogP) is 0.998. The van der Waals surface area contributed by atoms with Gasteiger partial charge < -0.3 is 24.6 Å². The molecule has 0 bridgehead atoms. The molecular formula is C15H20F2N2O4. The van der Waals surface area contributed by atoms with Crippen LogP contribution in [0.2, 0.25) is 0 Å². The highest BCUT2D eigenvalue weighted by Crippen LogP contribution is 2.46. The van der Waals surface area contributed by atoms with E-state index < -0.39 is 18.6 Å². The summed E-state index contributed by atoms with van der Waals surface area (Å²) < 4.78 is 44.8. The van der Waals surface area contributed by atoms with E-state index in [4.69, 9.17) is 14.2 Å². The minimum Gasteiger partial charge on any atom is -0.493 e. The molecule has 1 fully saturated rings. The Morgan fingerprint density at radius 1 is 1.35 bits per heavy atom. The van der Waals surface area contributed by atoms with Gasteiger partial charge in [-0.1, -0.05) is 0 Å². The van der Waals surface area contributed by atoms with Crippen LogP contribution in [0.4, 0.5) is 8.78 Å². The molecule has 1 aromatic carbocycles. The number of fused-ring (bicyclic) bond motifs is 1. The average Bonchev–Trinajstić information content (AvgIpc) is 3.03. The summed E-state index contributed by atoms with van der Waals surface area (Å²) in [6, 6.07) is 1.82. The molecule has 0 amide bonds. The molecular weight excluding hydrogens is 310 g/mol. The van der Waals surface area contributed by atoms with Crippen molar-refractivity contribution in [1.82, 2.24) is 10.2 Å². The summed E-state index contributed by atoms with van der Waals surface area (Å²) in [5.74, 6) is -2.13. The molecule has 8 heteroatoms. The molecule has 128 valence electrons. The van der Waals surface area contributed by atoms with Gasteiger partial charge in [-0.15, -0.1) is 0 Å². The third kappa shape index (κ3) is 3.06. The van der Waals surface area contributed by atoms with Gasteiger partial charge >= 0.3 is 0 Å². The number of aliphatic hydroxyl groups excluding tert-OH is 1. The number of ether oxygens (including phenoxy) is 3. The maximum atomic E-state index is 14.5. The SMILES string of the molecule is COc1cc([C@@H](N2CCNCC2)C(F)(F)CO)cc2c1OCO2. The Kier molecular flexibility index (Phi) is 4.56. The predicted molar refractivity (Wildman–Crippen MR) is 78.3 cm³/mol. The lowest BCUT2D eigenvalue weighted by Crippen LogP contribution is -2.51. The Bertz CT molecular complexity index is 565. The molecule has 0 spiro atoms. The first-order valence-electron chi connectivity index (χ1n) is 7.48. The van der Waals surface area contributed by atoms with E-state index in [-0.39, 0.29) is 6.79 Å². The third-order valence-corrected chi connectivity index (χ3v) is 4.12. The normalized spacial score (nSPS) is 19.7. The van der Waals surface area contributed by atoms with Crippen LogP contribution in [0.3, 0.4) is 0 Å². The molecule has 1 saturated heterocycles. The molecule has 2 N–H and O–H groups in total. The van der Waals surface area contributed by atoms with E-state index in [1.807, 2.05) is 0 Å². The lowest BCUT2D eigenvalue weighted by molar-refractivity contribution is -0.118. The highest BCUT2D eigenvalue weighted by atomic mass is 19.3. The van der Waals surface area contributed by atoms with E-state index in [1.165, 1.54) is 13.2 Å². The molecule has 2 heterocycles. The van der Waals surface area contributed by atoms with Crippen molar-refractivity contribution >= 4 is 0 Å². The first kappa shape index (κ1) is 16.2. The summed E-state index contributed by atoms with van der Waals surface area (Å²) in [4.78, 5) is 1.67. The lowest BCUT2D eigenvalue weighted by Gasteiger charge is -2.38. The minimum atomic E-state index is -3.28. The Labute approximate surface area is 132 Å². The van der Waals surface area contributed by atoms with Crippen LogP contribution in [-0.2, 0) is 0 Å². The molecule has 23 heavy (non-hydrogen) atoms. The van der Waals surface area contributed by atoms with Gasteiger partial charge in [0, 0.05) is 26.2 Å². The molecule has 0 aliphatic carbocycles. The molecule has 6 nitrogen and oxygen atoms in total. The minimum absolute atomic E-state index is 0.0316. The Morgan fingerprint density at radius 3 is 2.74 bits per heavy atom. The summed E-state index contributed by atoms with van der Waals surface area (Å²) >= 11 is 0. The van der Waals surface area contributed by atoms with Gasteiger partial charge in [-0.05, 0) is 17.7 Å². The second-order valence-electron chi connectivity index (χ2n) is 5.56. The van der Waals surface area contributed by atoms with E-state index in [9.17, 15) is 13.9 Å². The van der Waals surface area contributed by atoms with Crippen LogP contribution in [0.15, 0.2) is 12.1 Å². The summed E-state index contributed by atoms with van der Waals surface area (Å²) in [7, 11) is 1.45. The van der Waals surface area contributed by atoms with Gasteiger partial charge in [0.2, 0.25) is 12.5 Å². The second-order valence-corrected chi connectivity index (χ2v) is 5.56. The van der Waals surface area contributed by atoms with Crippen molar-refractivity contribution in [2.24, 2.45) is 0 Å². The maximum absolute atomic E-state index is 14.5. The zero-order valence-corrected chi connectivity index (χ0v) is 12.8. The van der Waals surface area contributed by atoms with Gasteiger partial charge in [0.15, 0.2) is 11.5 Å². The molecule has 0 radical (unpaired) electrons. The van der Waals surface area contributed by atoms with Gasteiger partial charge in [-0.25, -0.2) is 8.78 Å². The second kappa shape index (κ2) is 6.46. The van der Waals surface area contributed by atoms with Crippen molar-refractivity contribution in [1.29, 1.82) is 0 Å². The number of methoxy groups -OCH3 is 1. The molecule has 0 unspecified atom stereocenters. The van der Waals surface area contributed by atoms with Crippen molar-refractivity contribution in [2.75, 3.05) is 46.7 Å². The molecule has 2 aliphatic rings. The highest BCUT2D eigenvalue weighted by Gasteiger charge is 2.45. The smallest absolute Gasteiger partial charge is 0.289 e. The monoisotopic (exact) mass is 330 g/mol. The Balaban J connectivity index is 2.02. The van der Waals surface area contributed by atoms with Crippen LogP contribution >= 0.6 is 0 Å². The zero-order valence-electron chi connectivity index (χ0n) is 12.8. The van der Waals surface area contributed by atoms with Gasteiger partial charge in [-0.2, -0.15) is 0 Å². The van der Waals surface area contributed by atoms with Crippen molar-refractivity contribution in [3.63, 3.8) is 0 Å². The van der Waals surface area contributed by atoms with Crippen LogP contribution in [0.5, 0.6) is 17.2 Å². The number of halogens is 2. The number of aliphatic hydroxyl groups is 1. The molecule has 0 aromatic heterocycles. The van der Waals surface area contributed by atoms with E-state index in [0.717, 1.165) is 0 Å². The lowest BCUT2D eigenvalue weighted by atomic mass is 9.97. The quantitative estimate of drug-likeness (QED) is 0.840.